The number of carbonyl (C=O) groups is 1. The number of ether oxygens (including phenoxy) is 2. The molecular formula is C22H29N5O3. The average molecular weight is 412 g/mol. The van der Waals surface area contributed by atoms with Crippen LogP contribution in [-0.4, -0.2) is 74.3 Å². The van der Waals surface area contributed by atoms with E-state index in [0.29, 0.717) is 30.2 Å². The lowest BCUT2D eigenvalue weighted by molar-refractivity contribution is 0.0742. The zero-order valence-electron chi connectivity index (χ0n) is 17.9. The van der Waals surface area contributed by atoms with Gasteiger partial charge in [0.1, 0.15) is 17.5 Å². The Kier molecular flexibility index (Phi) is 5.92. The summed E-state index contributed by atoms with van der Waals surface area (Å²) in [7, 11) is 3.13. The van der Waals surface area contributed by atoms with Crippen LogP contribution < -0.4 is 19.3 Å². The molecule has 160 valence electrons. The fourth-order valence-corrected chi connectivity index (χ4v) is 4.17. The van der Waals surface area contributed by atoms with E-state index in [0.717, 1.165) is 43.6 Å². The fourth-order valence-electron chi connectivity index (χ4n) is 4.17. The van der Waals surface area contributed by atoms with E-state index in [4.69, 9.17) is 9.47 Å². The highest BCUT2D eigenvalue weighted by Crippen LogP contribution is 2.32. The van der Waals surface area contributed by atoms with Crippen molar-refractivity contribution in [3.63, 3.8) is 0 Å². The molecule has 2 aliphatic rings. The molecule has 0 radical (unpaired) electrons. The molecule has 30 heavy (non-hydrogen) atoms. The van der Waals surface area contributed by atoms with E-state index < -0.39 is 0 Å². The number of aromatic nitrogens is 2. The summed E-state index contributed by atoms with van der Waals surface area (Å²) in [6.07, 6.45) is 2.43. The quantitative estimate of drug-likeness (QED) is 0.748. The number of nitrogens with zero attached hydrogens (tertiary/aromatic N) is 5. The highest BCUT2D eigenvalue weighted by molar-refractivity contribution is 5.98. The van der Waals surface area contributed by atoms with Crippen molar-refractivity contribution in [3.05, 3.63) is 35.7 Å². The van der Waals surface area contributed by atoms with E-state index in [1.807, 2.05) is 17.9 Å². The van der Waals surface area contributed by atoms with Crippen LogP contribution in [-0.2, 0) is 0 Å². The molecule has 2 aromatic rings. The number of hydrogen-bond donors (Lipinski definition) is 0. The first-order valence-electron chi connectivity index (χ1n) is 10.5. The second kappa shape index (κ2) is 8.77. The number of anilines is 2. The highest BCUT2D eigenvalue weighted by atomic mass is 16.5. The zero-order valence-corrected chi connectivity index (χ0v) is 17.9. The molecule has 0 aliphatic carbocycles. The number of methoxy groups -OCH3 is 2. The summed E-state index contributed by atoms with van der Waals surface area (Å²) in [5.41, 5.74) is 0.527. The van der Waals surface area contributed by atoms with Gasteiger partial charge >= 0.3 is 0 Å². The molecule has 0 atom stereocenters. The lowest BCUT2D eigenvalue weighted by atomic mass is 10.1. The lowest BCUT2D eigenvalue weighted by Gasteiger charge is -2.36. The van der Waals surface area contributed by atoms with Gasteiger partial charge < -0.3 is 24.2 Å². The van der Waals surface area contributed by atoms with Gasteiger partial charge in [-0.1, -0.05) is 6.07 Å². The van der Waals surface area contributed by atoms with Crippen molar-refractivity contribution in [1.82, 2.24) is 14.9 Å². The van der Waals surface area contributed by atoms with Gasteiger partial charge in [0.05, 0.1) is 19.8 Å². The standard InChI is InChI=1S/C22H29N5O3/c1-16-23-19(25-9-4-5-10-25)15-20(24-16)26-11-13-27(14-12-26)22(28)17-7-6-8-18(29-2)21(17)30-3/h6-8,15H,4-5,9-14H2,1-3H3. The predicted octanol–water partition coefficient (Wildman–Crippen LogP) is 2.36. The van der Waals surface area contributed by atoms with Gasteiger partial charge in [-0.15, -0.1) is 0 Å². The molecule has 0 spiro atoms. The molecule has 1 amide bonds. The largest absolute Gasteiger partial charge is 0.493 e. The number of hydrogen-bond acceptors (Lipinski definition) is 7. The number of piperazine rings is 1. The summed E-state index contributed by atoms with van der Waals surface area (Å²) in [5.74, 6) is 3.74. The Morgan fingerprint density at radius 3 is 2.13 bits per heavy atom. The Labute approximate surface area is 177 Å². The van der Waals surface area contributed by atoms with Crippen LogP contribution in [0.3, 0.4) is 0 Å². The molecule has 0 bridgehead atoms. The molecule has 0 saturated carbocycles. The van der Waals surface area contributed by atoms with Gasteiger partial charge in [0, 0.05) is 45.3 Å². The van der Waals surface area contributed by atoms with Crippen LogP contribution in [0.1, 0.15) is 29.0 Å². The topological polar surface area (TPSA) is 71.0 Å². The SMILES string of the molecule is COc1cccc(C(=O)N2CCN(c3cc(N4CCCC4)nc(C)n3)CC2)c1OC. The van der Waals surface area contributed by atoms with Gasteiger partial charge in [0.15, 0.2) is 11.5 Å². The van der Waals surface area contributed by atoms with Gasteiger partial charge in [-0.3, -0.25) is 4.79 Å². The summed E-state index contributed by atoms with van der Waals surface area (Å²) in [5, 5.41) is 0. The third-order valence-electron chi connectivity index (χ3n) is 5.77. The Morgan fingerprint density at radius 1 is 0.900 bits per heavy atom. The second-order valence-electron chi connectivity index (χ2n) is 7.65. The maximum absolute atomic E-state index is 13.1. The van der Waals surface area contributed by atoms with Crippen molar-refractivity contribution in [2.75, 3.05) is 63.3 Å². The lowest BCUT2D eigenvalue weighted by Crippen LogP contribution is -2.49. The number of para-hydroxylation sites is 1. The molecule has 8 heteroatoms. The first-order valence-corrected chi connectivity index (χ1v) is 10.5. The van der Waals surface area contributed by atoms with Crippen LogP contribution in [0.4, 0.5) is 11.6 Å². The van der Waals surface area contributed by atoms with E-state index in [-0.39, 0.29) is 5.91 Å². The molecule has 1 aromatic carbocycles. The Morgan fingerprint density at radius 2 is 1.53 bits per heavy atom. The van der Waals surface area contributed by atoms with Crippen LogP contribution in [0.5, 0.6) is 11.5 Å². The van der Waals surface area contributed by atoms with E-state index in [1.54, 1.807) is 26.4 Å². The summed E-state index contributed by atoms with van der Waals surface area (Å²) in [4.78, 5) is 28.8. The van der Waals surface area contributed by atoms with Crippen molar-refractivity contribution in [1.29, 1.82) is 0 Å². The van der Waals surface area contributed by atoms with E-state index in [1.165, 1.54) is 12.8 Å². The molecule has 2 fully saturated rings. The van der Waals surface area contributed by atoms with Gasteiger partial charge in [0.25, 0.3) is 5.91 Å². The minimum Gasteiger partial charge on any atom is -0.493 e. The van der Waals surface area contributed by atoms with Crippen LogP contribution >= 0.6 is 0 Å². The fraction of sp³-hybridized carbons (Fsp3) is 0.500. The van der Waals surface area contributed by atoms with Gasteiger partial charge in [-0.25, -0.2) is 9.97 Å². The highest BCUT2D eigenvalue weighted by Gasteiger charge is 2.27. The van der Waals surface area contributed by atoms with Crippen LogP contribution in [0.2, 0.25) is 0 Å². The summed E-state index contributed by atoms with van der Waals surface area (Å²) >= 11 is 0. The Balaban J connectivity index is 1.46. The average Bonchev–Trinajstić information content (AvgIpc) is 3.33. The van der Waals surface area contributed by atoms with E-state index in [2.05, 4.69) is 25.8 Å². The van der Waals surface area contributed by atoms with Crippen molar-refractivity contribution in [3.8, 4) is 11.5 Å². The minimum absolute atomic E-state index is 0.0398. The molecule has 4 rings (SSSR count). The smallest absolute Gasteiger partial charge is 0.257 e. The number of amides is 1. The molecule has 0 unspecified atom stereocenters. The van der Waals surface area contributed by atoms with E-state index >= 15 is 0 Å². The van der Waals surface area contributed by atoms with Crippen LogP contribution in [0.25, 0.3) is 0 Å². The minimum atomic E-state index is -0.0398. The predicted molar refractivity (Wildman–Crippen MR) is 116 cm³/mol. The molecule has 3 heterocycles. The first-order chi connectivity index (χ1) is 14.6. The number of benzene rings is 1. The van der Waals surface area contributed by atoms with Gasteiger partial charge in [0.2, 0.25) is 0 Å². The molecule has 2 saturated heterocycles. The Bertz CT molecular complexity index is 906. The number of carbonyl (C=O) groups excluding carboxylic acids is 1. The molecule has 0 N–H and O–H groups in total. The maximum atomic E-state index is 13.1. The third-order valence-corrected chi connectivity index (χ3v) is 5.77. The van der Waals surface area contributed by atoms with E-state index in [9.17, 15) is 4.79 Å². The molecular weight excluding hydrogens is 382 g/mol. The molecule has 2 aliphatic heterocycles. The normalized spacial score (nSPS) is 16.7. The number of aryl methyl sites for hydroxylation is 1. The van der Waals surface area contributed by atoms with Crippen LogP contribution in [0.15, 0.2) is 24.3 Å². The van der Waals surface area contributed by atoms with Crippen molar-refractivity contribution < 1.29 is 14.3 Å². The Hall–Kier alpha value is -3.03. The second-order valence-corrected chi connectivity index (χ2v) is 7.65. The number of rotatable bonds is 5. The van der Waals surface area contributed by atoms with Gasteiger partial charge in [-0.2, -0.15) is 0 Å². The van der Waals surface area contributed by atoms with Crippen LogP contribution in [0, 0.1) is 6.92 Å². The third kappa shape index (κ3) is 3.99. The summed E-state index contributed by atoms with van der Waals surface area (Å²) < 4.78 is 10.8. The molecule has 1 aromatic heterocycles. The summed E-state index contributed by atoms with van der Waals surface area (Å²) in [6, 6.07) is 7.48. The first kappa shape index (κ1) is 20.3. The van der Waals surface area contributed by atoms with Gasteiger partial charge in [-0.05, 0) is 31.9 Å². The van der Waals surface area contributed by atoms with Crippen molar-refractivity contribution in [2.24, 2.45) is 0 Å². The molecule has 8 nitrogen and oxygen atoms in total. The monoisotopic (exact) mass is 411 g/mol. The zero-order chi connectivity index (χ0) is 21.1. The van der Waals surface area contributed by atoms with Crippen molar-refractivity contribution in [2.45, 2.75) is 19.8 Å². The maximum Gasteiger partial charge on any atom is 0.257 e. The summed E-state index contributed by atoms with van der Waals surface area (Å²) in [6.45, 7) is 6.77. The van der Waals surface area contributed by atoms with Crippen molar-refractivity contribution >= 4 is 17.5 Å².